The predicted molar refractivity (Wildman–Crippen MR) is 46.7 cm³/mol. The van der Waals surface area contributed by atoms with E-state index in [0.717, 1.165) is 5.56 Å². The molecule has 1 aromatic rings. The molecule has 1 rings (SSSR count). The third-order valence-electron chi connectivity index (χ3n) is 1.92. The Kier molecular flexibility index (Phi) is 2.48. The van der Waals surface area contributed by atoms with E-state index in [1.807, 2.05) is 13.0 Å². The first-order valence-corrected chi connectivity index (χ1v) is 3.93. The van der Waals surface area contributed by atoms with E-state index in [2.05, 4.69) is 0 Å². The number of hydrogen-bond donors (Lipinski definition) is 1. The monoisotopic (exact) mass is 168 g/mol. The number of aliphatic hydroxyl groups is 1. The van der Waals surface area contributed by atoms with Crippen LogP contribution in [0.3, 0.4) is 0 Å². The Bertz CT molecular complexity index is 268. The highest BCUT2D eigenvalue weighted by atomic mass is 19.1. The minimum atomic E-state index is -1.62. The Morgan fingerprint density at radius 3 is 2.67 bits per heavy atom. The molecule has 0 aliphatic carbocycles. The molecule has 1 unspecified atom stereocenters. The third kappa shape index (κ3) is 1.83. The standard InChI is InChI=1S/C10H13FO/c1-8-4-3-5-9(6-8)10(2,11)7-12/h3-6,12H,7H2,1-2H3. The van der Waals surface area contributed by atoms with Crippen molar-refractivity contribution in [3.05, 3.63) is 35.4 Å². The maximum absolute atomic E-state index is 13.5. The van der Waals surface area contributed by atoms with Crippen LogP contribution in [0.1, 0.15) is 18.1 Å². The summed E-state index contributed by atoms with van der Waals surface area (Å²) in [6.07, 6.45) is 0. The molecule has 0 spiro atoms. The molecule has 0 aliphatic rings. The van der Waals surface area contributed by atoms with Crippen molar-refractivity contribution < 1.29 is 9.50 Å². The van der Waals surface area contributed by atoms with Crippen molar-refractivity contribution >= 4 is 0 Å². The average Bonchev–Trinajstić information content (AvgIpc) is 2.05. The summed E-state index contributed by atoms with van der Waals surface area (Å²) in [7, 11) is 0. The zero-order valence-corrected chi connectivity index (χ0v) is 7.34. The highest BCUT2D eigenvalue weighted by molar-refractivity contribution is 5.26. The molecule has 0 aromatic heterocycles. The fraction of sp³-hybridized carbons (Fsp3) is 0.400. The SMILES string of the molecule is Cc1cccc(C(C)(F)CO)c1. The summed E-state index contributed by atoms with van der Waals surface area (Å²) in [5.74, 6) is 0. The lowest BCUT2D eigenvalue weighted by atomic mass is 9.97. The van der Waals surface area contributed by atoms with Crippen LogP contribution in [0.2, 0.25) is 0 Å². The van der Waals surface area contributed by atoms with Gasteiger partial charge < -0.3 is 5.11 Å². The first-order valence-electron chi connectivity index (χ1n) is 3.93. The number of alkyl halides is 1. The fourth-order valence-corrected chi connectivity index (χ4v) is 1.06. The first-order chi connectivity index (χ1) is 5.56. The van der Waals surface area contributed by atoms with E-state index in [0.29, 0.717) is 5.56 Å². The van der Waals surface area contributed by atoms with Crippen LogP contribution in [0.15, 0.2) is 24.3 Å². The smallest absolute Gasteiger partial charge is 0.156 e. The Morgan fingerprint density at radius 2 is 2.17 bits per heavy atom. The maximum atomic E-state index is 13.5. The Hall–Kier alpha value is -0.890. The van der Waals surface area contributed by atoms with Gasteiger partial charge in [0.2, 0.25) is 0 Å². The zero-order valence-electron chi connectivity index (χ0n) is 7.34. The highest BCUT2D eigenvalue weighted by Gasteiger charge is 2.24. The molecule has 0 fully saturated rings. The summed E-state index contributed by atoms with van der Waals surface area (Å²) in [4.78, 5) is 0. The van der Waals surface area contributed by atoms with Crippen molar-refractivity contribution in [3.8, 4) is 0 Å². The van der Waals surface area contributed by atoms with Gasteiger partial charge in [0.15, 0.2) is 5.67 Å². The molecule has 0 bridgehead atoms. The van der Waals surface area contributed by atoms with Gasteiger partial charge >= 0.3 is 0 Å². The van der Waals surface area contributed by atoms with Gasteiger partial charge in [0.1, 0.15) is 0 Å². The van der Waals surface area contributed by atoms with Crippen LogP contribution in [0, 0.1) is 6.92 Å². The van der Waals surface area contributed by atoms with Crippen molar-refractivity contribution in [2.45, 2.75) is 19.5 Å². The number of hydrogen-bond acceptors (Lipinski definition) is 1. The van der Waals surface area contributed by atoms with Crippen LogP contribution in [-0.2, 0) is 5.67 Å². The van der Waals surface area contributed by atoms with Gasteiger partial charge in [0.25, 0.3) is 0 Å². The quantitative estimate of drug-likeness (QED) is 0.717. The lowest BCUT2D eigenvalue weighted by Gasteiger charge is -2.17. The van der Waals surface area contributed by atoms with Crippen LogP contribution in [0.25, 0.3) is 0 Å². The number of rotatable bonds is 2. The first kappa shape index (κ1) is 9.20. The number of halogens is 1. The molecular weight excluding hydrogens is 155 g/mol. The molecule has 0 heterocycles. The van der Waals surface area contributed by atoms with Crippen LogP contribution < -0.4 is 0 Å². The van der Waals surface area contributed by atoms with Crippen molar-refractivity contribution in [2.75, 3.05) is 6.61 Å². The molecular formula is C10H13FO. The molecule has 0 saturated carbocycles. The Morgan fingerprint density at radius 1 is 1.50 bits per heavy atom. The highest BCUT2D eigenvalue weighted by Crippen LogP contribution is 2.24. The Balaban J connectivity index is 3.03. The lowest BCUT2D eigenvalue weighted by Crippen LogP contribution is -2.20. The molecule has 66 valence electrons. The van der Waals surface area contributed by atoms with E-state index in [9.17, 15) is 4.39 Å². The van der Waals surface area contributed by atoms with Gasteiger partial charge in [0.05, 0.1) is 6.61 Å². The molecule has 1 nitrogen and oxygen atoms in total. The Labute approximate surface area is 71.9 Å². The summed E-state index contributed by atoms with van der Waals surface area (Å²) in [5.41, 5.74) is -0.0822. The van der Waals surface area contributed by atoms with E-state index in [1.54, 1.807) is 18.2 Å². The van der Waals surface area contributed by atoms with Gasteiger partial charge in [-0.05, 0) is 19.4 Å². The topological polar surface area (TPSA) is 20.2 Å². The largest absolute Gasteiger partial charge is 0.393 e. The fourth-order valence-electron chi connectivity index (χ4n) is 1.06. The minimum absolute atomic E-state index is 0.476. The molecule has 0 radical (unpaired) electrons. The van der Waals surface area contributed by atoms with Crippen molar-refractivity contribution in [1.29, 1.82) is 0 Å². The molecule has 0 saturated heterocycles. The summed E-state index contributed by atoms with van der Waals surface area (Å²) in [6, 6.07) is 7.12. The molecule has 12 heavy (non-hydrogen) atoms. The van der Waals surface area contributed by atoms with Gasteiger partial charge in [-0.1, -0.05) is 29.8 Å². The second kappa shape index (κ2) is 3.23. The second-order valence-corrected chi connectivity index (χ2v) is 3.23. The van der Waals surface area contributed by atoms with Crippen molar-refractivity contribution in [1.82, 2.24) is 0 Å². The second-order valence-electron chi connectivity index (χ2n) is 3.23. The summed E-state index contributed by atoms with van der Waals surface area (Å²) >= 11 is 0. The van der Waals surface area contributed by atoms with Crippen molar-refractivity contribution in [2.24, 2.45) is 0 Å². The predicted octanol–water partition coefficient (Wildman–Crippen LogP) is 2.17. The molecule has 0 aliphatic heterocycles. The van der Waals surface area contributed by atoms with Gasteiger partial charge in [-0.2, -0.15) is 0 Å². The number of aliphatic hydroxyl groups excluding tert-OH is 1. The average molecular weight is 168 g/mol. The summed E-state index contributed by atoms with van der Waals surface area (Å²) in [5, 5.41) is 8.76. The maximum Gasteiger partial charge on any atom is 0.156 e. The summed E-state index contributed by atoms with van der Waals surface area (Å²) < 4.78 is 13.5. The van der Waals surface area contributed by atoms with Crippen LogP contribution in [0.4, 0.5) is 4.39 Å². The normalized spacial score (nSPS) is 15.7. The van der Waals surface area contributed by atoms with E-state index in [4.69, 9.17) is 5.11 Å². The van der Waals surface area contributed by atoms with Gasteiger partial charge in [0, 0.05) is 0 Å². The van der Waals surface area contributed by atoms with Gasteiger partial charge in [-0.25, -0.2) is 4.39 Å². The number of aryl methyl sites for hydroxylation is 1. The van der Waals surface area contributed by atoms with Crippen LogP contribution in [-0.4, -0.2) is 11.7 Å². The minimum Gasteiger partial charge on any atom is -0.393 e. The lowest BCUT2D eigenvalue weighted by molar-refractivity contribution is 0.0867. The van der Waals surface area contributed by atoms with Crippen LogP contribution in [0.5, 0.6) is 0 Å². The van der Waals surface area contributed by atoms with E-state index in [1.165, 1.54) is 6.92 Å². The summed E-state index contributed by atoms with van der Waals surface area (Å²) in [6.45, 7) is 2.80. The van der Waals surface area contributed by atoms with E-state index in [-0.39, 0.29) is 0 Å². The molecule has 2 heteroatoms. The van der Waals surface area contributed by atoms with E-state index < -0.39 is 12.3 Å². The van der Waals surface area contributed by atoms with E-state index >= 15 is 0 Å². The molecule has 0 amide bonds. The molecule has 1 atom stereocenters. The molecule has 1 aromatic carbocycles. The number of benzene rings is 1. The van der Waals surface area contributed by atoms with Crippen molar-refractivity contribution in [3.63, 3.8) is 0 Å². The van der Waals surface area contributed by atoms with Gasteiger partial charge in [-0.3, -0.25) is 0 Å². The zero-order chi connectivity index (χ0) is 9.19. The van der Waals surface area contributed by atoms with Gasteiger partial charge in [-0.15, -0.1) is 0 Å². The third-order valence-corrected chi connectivity index (χ3v) is 1.92. The molecule has 1 N–H and O–H groups in total. The van der Waals surface area contributed by atoms with Crippen LogP contribution >= 0.6 is 0 Å².